The lowest BCUT2D eigenvalue weighted by atomic mass is 9.93. The van der Waals surface area contributed by atoms with Crippen LogP contribution < -0.4 is 5.32 Å². The smallest absolute Gasteiger partial charge is 0.264 e. The molecular formula is C20H24Cl2F2N6O3S. The van der Waals surface area contributed by atoms with Gasteiger partial charge in [0.05, 0.1) is 16.8 Å². The standard InChI is InChI=1S/C20H24Cl2F2N6O3S/c1-28-11-17(26-27-28)34(32,33)30-8-6-29(7-9-30)19(4-5-20(23,24)12-19)13-25-18(31)15-3-2-14(21)10-16(15)22/h2-3,10-11H,4-9,12-13H2,1H3,(H,25,31). The summed E-state index contributed by atoms with van der Waals surface area (Å²) in [5.74, 6) is -3.36. The van der Waals surface area contributed by atoms with E-state index in [-0.39, 0.29) is 61.2 Å². The second-order valence-electron chi connectivity index (χ2n) is 8.69. The van der Waals surface area contributed by atoms with Crippen molar-refractivity contribution in [3.63, 3.8) is 0 Å². The molecule has 1 N–H and O–H groups in total. The molecule has 9 nitrogen and oxygen atoms in total. The normalized spacial score (nSPS) is 23.8. The predicted molar refractivity (Wildman–Crippen MR) is 122 cm³/mol. The van der Waals surface area contributed by atoms with Gasteiger partial charge in [-0.3, -0.25) is 14.4 Å². The van der Waals surface area contributed by atoms with Gasteiger partial charge in [0.15, 0.2) is 0 Å². The van der Waals surface area contributed by atoms with Crippen molar-refractivity contribution in [2.45, 2.75) is 35.7 Å². The van der Waals surface area contributed by atoms with Gasteiger partial charge in [0.2, 0.25) is 10.9 Å². The van der Waals surface area contributed by atoms with Crippen molar-refractivity contribution in [3.8, 4) is 0 Å². The van der Waals surface area contributed by atoms with Crippen LogP contribution in [0.2, 0.25) is 10.0 Å². The van der Waals surface area contributed by atoms with E-state index in [4.69, 9.17) is 23.2 Å². The predicted octanol–water partition coefficient (Wildman–Crippen LogP) is 2.42. The molecule has 1 unspecified atom stereocenters. The first kappa shape index (κ1) is 25.2. The van der Waals surface area contributed by atoms with Gasteiger partial charge in [-0.25, -0.2) is 17.2 Å². The van der Waals surface area contributed by atoms with Crippen LogP contribution in [0.15, 0.2) is 29.4 Å². The van der Waals surface area contributed by atoms with Crippen molar-refractivity contribution in [2.24, 2.45) is 7.05 Å². The van der Waals surface area contributed by atoms with Crippen molar-refractivity contribution in [3.05, 3.63) is 40.0 Å². The number of hydrogen-bond donors (Lipinski definition) is 1. The molecule has 0 spiro atoms. The molecule has 1 aromatic carbocycles. The average molecular weight is 537 g/mol. The Bertz CT molecular complexity index is 1190. The molecule has 34 heavy (non-hydrogen) atoms. The molecule has 1 atom stereocenters. The second kappa shape index (κ2) is 9.30. The number of benzene rings is 1. The van der Waals surface area contributed by atoms with E-state index in [1.165, 1.54) is 33.4 Å². The van der Waals surface area contributed by atoms with Crippen LogP contribution in [0.1, 0.15) is 29.6 Å². The summed E-state index contributed by atoms with van der Waals surface area (Å²) in [7, 11) is -2.26. The number of halogens is 4. The first-order chi connectivity index (χ1) is 15.9. The second-order valence-corrected chi connectivity index (χ2v) is 11.4. The fourth-order valence-corrected chi connectivity index (χ4v) is 6.43. The third-order valence-corrected chi connectivity index (χ3v) is 8.70. The van der Waals surface area contributed by atoms with E-state index in [1.54, 1.807) is 7.05 Å². The van der Waals surface area contributed by atoms with E-state index < -0.39 is 33.8 Å². The highest BCUT2D eigenvalue weighted by atomic mass is 35.5. The Morgan fingerprint density at radius 3 is 2.44 bits per heavy atom. The summed E-state index contributed by atoms with van der Waals surface area (Å²) in [5, 5.41) is 10.5. The maximum absolute atomic E-state index is 14.3. The van der Waals surface area contributed by atoms with Crippen LogP contribution in [0.4, 0.5) is 8.78 Å². The minimum atomic E-state index is -3.83. The van der Waals surface area contributed by atoms with Crippen molar-refractivity contribution in [2.75, 3.05) is 32.7 Å². The SMILES string of the molecule is Cn1cc(S(=O)(=O)N2CCN(C3(CNC(=O)c4ccc(Cl)cc4Cl)CCC(F)(F)C3)CC2)nn1. The number of nitrogens with zero attached hydrogens (tertiary/aromatic N) is 5. The van der Waals surface area contributed by atoms with E-state index >= 15 is 0 Å². The van der Waals surface area contributed by atoms with Crippen molar-refractivity contribution < 1.29 is 22.0 Å². The molecule has 0 radical (unpaired) electrons. The van der Waals surface area contributed by atoms with Crippen LogP contribution in [0.5, 0.6) is 0 Å². The maximum Gasteiger partial charge on any atom is 0.264 e. The van der Waals surface area contributed by atoms with E-state index in [0.717, 1.165) is 0 Å². The number of sulfonamides is 1. The molecule has 1 aliphatic carbocycles. The number of alkyl halides is 2. The molecule has 1 saturated carbocycles. The van der Waals surface area contributed by atoms with Gasteiger partial charge in [-0.15, -0.1) is 5.10 Å². The first-order valence-electron chi connectivity index (χ1n) is 10.6. The minimum Gasteiger partial charge on any atom is -0.350 e. The third-order valence-electron chi connectivity index (χ3n) is 6.39. The Balaban J connectivity index is 1.47. The summed E-state index contributed by atoms with van der Waals surface area (Å²) < 4.78 is 56.9. The summed E-state index contributed by atoms with van der Waals surface area (Å²) >= 11 is 12.0. The molecule has 2 heterocycles. The van der Waals surface area contributed by atoms with Gasteiger partial charge < -0.3 is 5.32 Å². The number of nitrogens with one attached hydrogen (secondary N) is 1. The number of piperazine rings is 1. The summed E-state index contributed by atoms with van der Waals surface area (Å²) in [6.45, 7) is 0.698. The quantitative estimate of drug-likeness (QED) is 0.608. The molecule has 186 valence electrons. The zero-order valence-electron chi connectivity index (χ0n) is 18.3. The number of aryl methyl sites for hydroxylation is 1. The number of carbonyl (C=O) groups is 1. The van der Waals surface area contributed by atoms with Gasteiger partial charge in [-0.05, 0) is 24.6 Å². The Kier molecular flexibility index (Phi) is 6.91. The molecule has 1 saturated heterocycles. The highest BCUT2D eigenvalue weighted by molar-refractivity contribution is 7.89. The minimum absolute atomic E-state index is 0.0166. The maximum atomic E-state index is 14.3. The van der Waals surface area contributed by atoms with Gasteiger partial charge in [0.25, 0.3) is 15.9 Å². The van der Waals surface area contributed by atoms with E-state index in [9.17, 15) is 22.0 Å². The largest absolute Gasteiger partial charge is 0.350 e. The fourth-order valence-electron chi connectivity index (χ4n) is 4.60. The molecule has 14 heteroatoms. The van der Waals surface area contributed by atoms with E-state index in [1.807, 2.05) is 4.90 Å². The van der Waals surface area contributed by atoms with Crippen LogP contribution in [-0.4, -0.2) is 82.7 Å². The Morgan fingerprint density at radius 2 is 1.88 bits per heavy atom. The monoisotopic (exact) mass is 536 g/mol. The van der Waals surface area contributed by atoms with Crippen molar-refractivity contribution >= 4 is 39.1 Å². The third kappa shape index (κ3) is 5.06. The summed E-state index contributed by atoms with van der Waals surface area (Å²) in [4.78, 5) is 14.6. The molecule has 4 rings (SSSR count). The molecule has 2 aliphatic rings. The lowest BCUT2D eigenvalue weighted by molar-refractivity contribution is -0.0217. The molecule has 1 amide bonds. The molecule has 1 aliphatic heterocycles. The van der Waals surface area contributed by atoms with E-state index in [2.05, 4.69) is 15.6 Å². The van der Waals surface area contributed by atoms with Crippen LogP contribution in [-0.2, 0) is 17.1 Å². The Hall–Kier alpha value is -1.86. The van der Waals surface area contributed by atoms with Gasteiger partial charge in [0, 0.05) is 63.2 Å². The summed E-state index contributed by atoms with van der Waals surface area (Å²) in [6.07, 6.45) is 0.762. The number of carbonyl (C=O) groups excluding carboxylic acids is 1. The lowest BCUT2D eigenvalue weighted by Crippen LogP contribution is -2.61. The average Bonchev–Trinajstić information content (AvgIpc) is 3.36. The summed E-state index contributed by atoms with van der Waals surface area (Å²) in [5.41, 5.74) is -0.800. The number of hydrogen-bond acceptors (Lipinski definition) is 6. The number of aromatic nitrogens is 3. The molecule has 2 aromatic rings. The van der Waals surface area contributed by atoms with Crippen LogP contribution in [0.3, 0.4) is 0 Å². The summed E-state index contributed by atoms with van der Waals surface area (Å²) in [6, 6.07) is 4.44. The van der Waals surface area contributed by atoms with Crippen LogP contribution in [0, 0.1) is 0 Å². The van der Waals surface area contributed by atoms with Gasteiger partial charge >= 0.3 is 0 Å². The topological polar surface area (TPSA) is 100 Å². The number of amides is 1. The van der Waals surface area contributed by atoms with E-state index in [0.29, 0.717) is 5.02 Å². The Labute approximate surface area is 206 Å². The van der Waals surface area contributed by atoms with Crippen LogP contribution >= 0.6 is 23.2 Å². The molecular weight excluding hydrogens is 513 g/mol. The Morgan fingerprint density at radius 1 is 1.18 bits per heavy atom. The lowest BCUT2D eigenvalue weighted by Gasteiger charge is -2.45. The highest BCUT2D eigenvalue weighted by Gasteiger charge is 2.53. The van der Waals surface area contributed by atoms with Crippen LogP contribution in [0.25, 0.3) is 0 Å². The molecule has 0 bridgehead atoms. The van der Waals surface area contributed by atoms with Crippen molar-refractivity contribution in [1.29, 1.82) is 0 Å². The zero-order valence-corrected chi connectivity index (χ0v) is 20.7. The van der Waals surface area contributed by atoms with Gasteiger partial charge in [0.1, 0.15) is 0 Å². The van der Waals surface area contributed by atoms with Crippen molar-refractivity contribution in [1.82, 2.24) is 29.5 Å². The fraction of sp³-hybridized carbons (Fsp3) is 0.550. The number of rotatable bonds is 6. The van der Waals surface area contributed by atoms with Gasteiger partial charge in [-0.2, -0.15) is 4.31 Å². The first-order valence-corrected chi connectivity index (χ1v) is 12.8. The molecule has 1 aromatic heterocycles. The zero-order chi connectivity index (χ0) is 24.7. The van der Waals surface area contributed by atoms with Gasteiger partial charge in [-0.1, -0.05) is 28.4 Å². The highest BCUT2D eigenvalue weighted by Crippen LogP contribution is 2.45. The molecule has 2 fully saturated rings.